The van der Waals surface area contributed by atoms with Crippen molar-refractivity contribution in [2.75, 3.05) is 0 Å². The summed E-state index contributed by atoms with van der Waals surface area (Å²) in [4.78, 5) is 18.8. The molecule has 11 heteroatoms. The Bertz CT molecular complexity index is 1100. The number of alkyl halides is 3. The van der Waals surface area contributed by atoms with Crippen molar-refractivity contribution in [2.45, 2.75) is 6.18 Å². The van der Waals surface area contributed by atoms with Crippen LogP contribution in [-0.4, -0.2) is 14.7 Å². The van der Waals surface area contributed by atoms with E-state index in [1.807, 2.05) is 5.16 Å². The van der Waals surface area contributed by atoms with Gasteiger partial charge >= 0.3 is 11.0 Å². The molecule has 128 valence electrons. The summed E-state index contributed by atoms with van der Waals surface area (Å²) in [6.45, 7) is 0. The van der Waals surface area contributed by atoms with Crippen LogP contribution in [0.4, 0.5) is 23.2 Å². The summed E-state index contributed by atoms with van der Waals surface area (Å²) in [5.41, 5.74) is -1.03. The number of benzene rings is 1. The van der Waals surface area contributed by atoms with Crippen molar-refractivity contribution in [1.29, 1.82) is 0 Å². The molecule has 3 rings (SSSR count). The summed E-state index contributed by atoms with van der Waals surface area (Å²) in [7, 11) is 0. The van der Waals surface area contributed by atoms with Gasteiger partial charge in [-0.2, -0.15) is 18.2 Å². The monoisotopic (exact) mass is 405 g/mol. The smallest absolute Gasteiger partial charge is 0.256 e. The van der Waals surface area contributed by atoms with Crippen LogP contribution in [0.2, 0.25) is 5.02 Å². The largest absolute Gasteiger partial charge is 0.417 e. The van der Waals surface area contributed by atoms with Crippen LogP contribution in [0.25, 0.3) is 16.0 Å². The first-order chi connectivity index (χ1) is 11.7. The average molecular weight is 406 g/mol. The number of hydrogen-bond acceptors (Lipinski definition) is 5. The molecule has 0 radical (unpaired) electrons. The Morgan fingerprint density at radius 2 is 2.04 bits per heavy atom. The summed E-state index contributed by atoms with van der Waals surface area (Å²) in [6, 6.07) is 2.96. The van der Waals surface area contributed by atoms with Gasteiger partial charge in [0.2, 0.25) is 0 Å². The van der Waals surface area contributed by atoms with Crippen molar-refractivity contribution in [2.24, 2.45) is 4.99 Å². The molecule has 0 aliphatic carbocycles. The van der Waals surface area contributed by atoms with Crippen LogP contribution >= 0.6 is 35.2 Å². The summed E-state index contributed by atoms with van der Waals surface area (Å²) < 4.78 is 53.3. The van der Waals surface area contributed by atoms with E-state index in [1.54, 1.807) is 0 Å². The van der Waals surface area contributed by atoms with E-state index in [0.717, 1.165) is 10.6 Å². The molecular weight excluding hydrogens is 402 g/mol. The zero-order valence-electron chi connectivity index (χ0n) is 11.8. The molecule has 0 N–H and O–H groups in total. The number of aliphatic imine (C=N–C) groups is 1. The van der Waals surface area contributed by atoms with Crippen LogP contribution in [0.3, 0.4) is 0 Å². The summed E-state index contributed by atoms with van der Waals surface area (Å²) in [6.07, 6.45) is -4.06. The highest BCUT2D eigenvalue weighted by Gasteiger charge is 2.32. The number of thiazole rings is 1. The Labute approximate surface area is 151 Å². The van der Waals surface area contributed by atoms with Gasteiger partial charge in [0.25, 0.3) is 0 Å². The molecule has 0 saturated heterocycles. The van der Waals surface area contributed by atoms with Gasteiger partial charge in [-0.05, 0) is 30.4 Å². The van der Waals surface area contributed by atoms with E-state index >= 15 is 0 Å². The van der Waals surface area contributed by atoms with E-state index in [9.17, 15) is 22.4 Å². The van der Waals surface area contributed by atoms with Crippen molar-refractivity contribution in [1.82, 2.24) is 9.55 Å². The van der Waals surface area contributed by atoms with Crippen LogP contribution in [-0.2, 0) is 6.18 Å². The van der Waals surface area contributed by atoms with Crippen molar-refractivity contribution < 1.29 is 17.6 Å². The van der Waals surface area contributed by atoms with Crippen molar-refractivity contribution in [3.63, 3.8) is 0 Å². The maximum atomic E-state index is 13.9. The summed E-state index contributed by atoms with van der Waals surface area (Å²) >= 11 is 11.0. The summed E-state index contributed by atoms with van der Waals surface area (Å²) in [5, 5.41) is 1.63. The number of fused-ring (bicyclic) bond motifs is 1. The molecule has 0 aliphatic heterocycles. The van der Waals surface area contributed by atoms with Gasteiger partial charge < -0.3 is 0 Å². The lowest BCUT2D eigenvalue weighted by molar-refractivity contribution is -0.137. The minimum absolute atomic E-state index is 0.169. The van der Waals surface area contributed by atoms with Crippen molar-refractivity contribution in [3.8, 4) is 5.82 Å². The lowest BCUT2D eigenvalue weighted by Crippen LogP contribution is -2.14. The number of halogens is 5. The van der Waals surface area contributed by atoms with Gasteiger partial charge in [0.15, 0.2) is 11.6 Å². The Kier molecular flexibility index (Phi) is 4.46. The number of aromatic nitrogens is 2. The molecule has 0 fully saturated rings. The van der Waals surface area contributed by atoms with Gasteiger partial charge in [0.1, 0.15) is 5.69 Å². The third kappa shape index (κ3) is 3.21. The molecule has 0 spiro atoms. The molecule has 0 unspecified atom stereocenters. The van der Waals surface area contributed by atoms with E-state index in [-0.39, 0.29) is 26.7 Å². The topological polar surface area (TPSA) is 47.2 Å². The third-order valence-electron chi connectivity index (χ3n) is 3.18. The number of isothiocyanates is 1. The fourth-order valence-corrected chi connectivity index (χ4v) is 3.34. The zero-order chi connectivity index (χ0) is 18.4. The van der Waals surface area contributed by atoms with Gasteiger partial charge in [0, 0.05) is 6.20 Å². The second-order valence-electron chi connectivity index (χ2n) is 4.70. The predicted octanol–water partition coefficient (Wildman–Crippen LogP) is 4.99. The maximum absolute atomic E-state index is 13.9. The first kappa shape index (κ1) is 17.7. The first-order valence-electron chi connectivity index (χ1n) is 6.38. The lowest BCUT2D eigenvalue weighted by atomic mass is 10.2. The molecule has 25 heavy (non-hydrogen) atoms. The van der Waals surface area contributed by atoms with Crippen LogP contribution < -0.4 is 4.87 Å². The van der Waals surface area contributed by atoms with Crippen LogP contribution in [0.1, 0.15) is 5.56 Å². The second kappa shape index (κ2) is 6.30. The highest BCUT2D eigenvalue weighted by Crippen LogP contribution is 2.33. The van der Waals surface area contributed by atoms with Crippen molar-refractivity contribution >= 4 is 56.2 Å². The highest BCUT2D eigenvalue weighted by molar-refractivity contribution is 7.78. The fraction of sp³-hybridized carbons (Fsp3) is 0.0714. The number of rotatable bonds is 2. The Hall–Kier alpha value is -2.13. The molecule has 2 heterocycles. The van der Waals surface area contributed by atoms with Crippen LogP contribution in [0, 0.1) is 5.82 Å². The first-order valence-corrected chi connectivity index (χ1v) is 7.98. The highest BCUT2D eigenvalue weighted by atomic mass is 35.5. The molecule has 0 aliphatic rings. The molecule has 1 aromatic carbocycles. The standard InChI is InChI=1S/C14H4ClF4N3OS2/c15-7-1-6(14(17,18)19)4-20-12(7)22-10-3-9(21-5-24)8(16)2-11(10)25-13(22)23/h1-4H. The molecule has 0 amide bonds. The molecule has 2 aromatic heterocycles. The zero-order valence-corrected chi connectivity index (χ0v) is 14.2. The van der Waals surface area contributed by atoms with Crippen LogP contribution in [0.5, 0.6) is 0 Å². The summed E-state index contributed by atoms with van der Waals surface area (Å²) in [5.74, 6) is -0.917. The van der Waals surface area contributed by atoms with Crippen molar-refractivity contribution in [3.05, 3.63) is 50.5 Å². The normalized spacial score (nSPS) is 11.6. The number of thiocarbonyl (C=S) groups is 1. The minimum Gasteiger partial charge on any atom is -0.256 e. The number of pyridine rings is 1. The third-order valence-corrected chi connectivity index (χ3v) is 4.45. The molecule has 0 atom stereocenters. The van der Waals surface area contributed by atoms with E-state index < -0.39 is 22.4 Å². The van der Waals surface area contributed by atoms with E-state index in [1.165, 1.54) is 6.07 Å². The SMILES string of the molecule is O=c1sc2cc(F)c(N=C=S)cc2n1-c1ncc(C(F)(F)F)cc1Cl. The minimum atomic E-state index is -4.62. The van der Waals surface area contributed by atoms with E-state index in [0.29, 0.717) is 23.6 Å². The van der Waals surface area contributed by atoms with Gasteiger partial charge in [0.05, 0.1) is 26.0 Å². The lowest BCUT2D eigenvalue weighted by Gasteiger charge is -2.10. The van der Waals surface area contributed by atoms with Gasteiger partial charge in [-0.3, -0.25) is 4.79 Å². The predicted molar refractivity (Wildman–Crippen MR) is 89.9 cm³/mol. The molecule has 0 bridgehead atoms. The molecule has 3 aromatic rings. The Balaban J connectivity index is 2.29. The molecule has 0 saturated carbocycles. The number of nitrogens with zero attached hydrogens (tertiary/aromatic N) is 3. The van der Waals surface area contributed by atoms with Crippen LogP contribution in [0.15, 0.2) is 34.2 Å². The maximum Gasteiger partial charge on any atom is 0.417 e. The average Bonchev–Trinajstić information content (AvgIpc) is 2.82. The van der Waals surface area contributed by atoms with Gasteiger partial charge in [-0.1, -0.05) is 22.9 Å². The number of hydrogen-bond donors (Lipinski definition) is 0. The Morgan fingerprint density at radius 3 is 2.64 bits per heavy atom. The van der Waals surface area contributed by atoms with E-state index in [2.05, 4.69) is 22.2 Å². The van der Waals surface area contributed by atoms with Gasteiger partial charge in [-0.15, -0.1) is 0 Å². The Morgan fingerprint density at radius 1 is 1.32 bits per heavy atom. The quantitative estimate of drug-likeness (QED) is 0.343. The fourth-order valence-electron chi connectivity index (χ4n) is 2.11. The molecular formula is C14H4ClF4N3OS2. The molecule has 4 nitrogen and oxygen atoms in total. The second-order valence-corrected chi connectivity index (χ2v) is 6.29. The van der Waals surface area contributed by atoms with Gasteiger partial charge in [-0.25, -0.2) is 13.9 Å². The van der Waals surface area contributed by atoms with E-state index in [4.69, 9.17) is 11.6 Å².